The van der Waals surface area contributed by atoms with Gasteiger partial charge in [0, 0.05) is 67.7 Å². The number of halogens is 2. The zero-order valence-corrected chi connectivity index (χ0v) is 22.3. The molecule has 3 aliphatic rings. The highest BCUT2D eigenvalue weighted by molar-refractivity contribution is 6.35. The molecule has 2 fully saturated rings. The standard InChI is InChI=1S/C27H38Cl2N2O3/c1-17-11-25-24(6-5-19(3)27(25,33)15-26(17)34-20(4)32)18(2)16-30-7-9-31(10-8-30)23-13-21(28)12-22(29)14-23/h11-14,18-19,24-26,33H,5-10,15-16H2,1-4H3/t18-,19-,24+,25-,26-,27-/m1/s1. The van der Waals surface area contributed by atoms with Gasteiger partial charge in [-0.15, -0.1) is 0 Å². The number of ether oxygens (including phenoxy) is 1. The molecule has 1 saturated carbocycles. The summed E-state index contributed by atoms with van der Waals surface area (Å²) in [5, 5.41) is 13.2. The van der Waals surface area contributed by atoms with Crippen LogP contribution in [0.2, 0.25) is 10.0 Å². The zero-order chi connectivity index (χ0) is 24.6. The predicted octanol–water partition coefficient (Wildman–Crippen LogP) is 5.43. The van der Waals surface area contributed by atoms with Crippen molar-refractivity contribution in [3.05, 3.63) is 39.9 Å². The maximum atomic E-state index is 11.8. The Labute approximate surface area is 214 Å². The number of anilines is 1. The van der Waals surface area contributed by atoms with E-state index in [2.05, 4.69) is 29.7 Å². The topological polar surface area (TPSA) is 53.0 Å². The molecular formula is C27H38Cl2N2O3. The third kappa shape index (κ3) is 5.43. The Morgan fingerprint density at radius 2 is 1.82 bits per heavy atom. The fourth-order valence-electron chi connectivity index (χ4n) is 6.45. The van der Waals surface area contributed by atoms with Gasteiger partial charge in [0.1, 0.15) is 6.10 Å². The molecule has 0 radical (unpaired) electrons. The number of rotatable bonds is 5. The van der Waals surface area contributed by atoms with Crippen LogP contribution in [0.3, 0.4) is 0 Å². The first-order chi connectivity index (χ1) is 16.1. The number of benzene rings is 1. The first-order valence-corrected chi connectivity index (χ1v) is 13.3. The number of carbonyl (C=O) groups excluding carboxylic acids is 1. The fourth-order valence-corrected chi connectivity index (χ4v) is 6.97. The number of hydrogen-bond acceptors (Lipinski definition) is 5. The minimum Gasteiger partial charge on any atom is -0.458 e. The SMILES string of the molecule is CC(=O)O[C@@H]1C[C@@]2(O)[C@H](C)CC[C@@H]([C@H](C)CN3CCN(c4cc(Cl)cc(Cl)c4)CC3)[C@H]2C=C1C. The Morgan fingerprint density at radius 3 is 2.44 bits per heavy atom. The highest BCUT2D eigenvalue weighted by Crippen LogP contribution is 2.51. The Balaban J connectivity index is 1.41. The molecule has 2 aliphatic carbocycles. The Kier molecular flexibility index (Phi) is 7.88. The molecule has 0 spiro atoms. The van der Waals surface area contributed by atoms with Crippen LogP contribution in [0.4, 0.5) is 5.69 Å². The second-order valence-electron chi connectivity index (χ2n) is 10.8. The Hall–Kier alpha value is -1.27. The molecule has 7 heteroatoms. The lowest BCUT2D eigenvalue weighted by Gasteiger charge is -2.53. The lowest BCUT2D eigenvalue weighted by atomic mass is 9.57. The van der Waals surface area contributed by atoms with Gasteiger partial charge in [-0.2, -0.15) is 0 Å². The molecule has 34 heavy (non-hydrogen) atoms. The normalized spacial score (nSPS) is 33.1. The molecule has 188 valence electrons. The van der Waals surface area contributed by atoms with E-state index in [1.54, 1.807) is 6.07 Å². The van der Waals surface area contributed by atoms with Gasteiger partial charge in [0.15, 0.2) is 0 Å². The van der Waals surface area contributed by atoms with Crippen LogP contribution in [0, 0.1) is 23.7 Å². The van der Waals surface area contributed by atoms with Crippen LogP contribution in [0.5, 0.6) is 0 Å². The second kappa shape index (κ2) is 10.4. The summed E-state index contributed by atoms with van der Waals surface area (Å²) in [4.78, 5) is 16.5. The van der Waals surface area contributed by atoms with Crippen molar-refractivity contribution in [2.45, 2.75) is 58.7 Å². The molecule has 1 aromatic carbocycles. The number of esters is 1. The van der Waals surface area contributed by atoms with Crippen molar-refractivity contribution in [3.63, 3.8) is 0 Å². The monoisotopic (exact) mass is 508 g/mol. The molecule has 0 amide bonds. The summed E-state index contributed by atoms with van der Waals surface area (Å²) in [6, 6.07) is 5.74. The van der Waals surface area contributed by atoms with E-state index in [9.17, 15) is 9.90 Å². The molecule has 1 heterocycles. The van der Waals surface area contributed by atoms with Crippen molar-refractivity contribution in [2.75, 3.05) is 37.6 Å². The predicted molar refractivity (Wildman–Crippen MR) is 139 cm³/mol. The van der Waals surface area contributed by atoms with Crippen molar-refractivity contribution < 1.29 is 14.6 Å². The van der Waals surface area contributed by atoms with Gasteiger partial charge in [-0.25, -0.2) is 0 Å². The average Bonchev–Trinajstić information content (AvgIpc) is 2.75. The van der Waals surface area contributed by atoms with Gasteiger partial charge in [0.25, 0.3) is 0 Å². The van der Waals surface area contributed by atoms with Crippen molar-refractivity contribution in [1.29, 1.82) is 0 Å². The van der Waals surface area contributed by atoms with Crippen LogP contribution in [0.15, 0.2) is 29.8 Å². The van der Waals surface area contributed by atoms with Gasteiger partial charge in [0.05, 0.1) is 5.60 Å². The van der Waals surface area contributed by atoms with Gasteiger partial charge in [0.2, 0.25) is 0 Å². The minimum absolute atomic E-state index is 0.105. The molecule has 4 rings (SSSR count). The molecule has 1 aliphatic heterocycles. The van der Waals surface area contributed by atoms with Crippen molar-refractivity contribution in [2.24, 2.45) is 23.7 Å². The molecular weight excluding hydrogens is 471 g/mol. The quantitative estimate of drug-likeness (QED) is 0.424. The Morgan fingerprint density at radius 1 is 1.18 bits per heavy atom. The van der Waals surface area contributed by atoms with Gasteiger partial charge >= 0.3 is 5.97 Å². The number of aliphatic hydroxyl groups is 1. The molecule has 0 bridgehead atoms. The van der Waals surface area contributed by atoms with Crippen LogP contribution >= 0.6 is 23.2 Å². The summed E-state index contributed by atoms with van der Waals surface area (Å²) >= 11 is 12.4. The fraction of sp³-hybridized carbons (Fsp3) is 0.667. The van der Waals surface area contributed by atoms with Crippen LogP contribution in [0.25, 0.3) is 0 Å². The first-order valence-electron chi connectivity index (χ1n) is 12.6. The molecule has 6 atom stereocenters. The van der Waals surface area contributed by atoms with Gasteiger partial charge in [-0.3, -0.25) is 9.69 Å². The first kappa shape index (κ1) is 25.8. The van der Waals surface area contributed by atoms with Crippen LogP contribution in [0.1, 0.15) is 47.0 Å². The number of carbonyl (C=O) groups is 1. The third-order valence-electron chi connectivity index (χ3n) is 8.46. The number of fused-ring (bicyclic) bond motifs is 1. The maximum Gasteiger partial charge on any atom is 0.303 e. The van der Waals surface area contributed by atoms with Crippen molar-refractivity contribution >= 4 is 34.9 Å². The lowest BCUT2D eigenvalue weighted by molar-refractivity contribution is -0.159. The van der Waals surface area contributed by atoms with E-state index in [4.69, 9.17) is 27.9 Å². The van der Waals surface area contributed by atoms with Gasteiger partial charge in [-0.05, 0) is 61.3 Å². The zero-order valence-electron chi connectivity index (χ0n) is 20.8. The molecule has 1 aromatic rings. The van der Waals surface area contributed by atoms with E-state index in [-0.39, 0.29) is 23.9 Å². The van der Waals surface area contributed by atoms with Crippen LogP contribution < -0.4 is 4.90 Å². The highest BCUT2D eigenvalue weighted by Gasteiger charge is 2.52. The van der Waals surface area contributed by atoms with E-state index >= 15 is 0 Å². The summed E-state index contributed by atoms with van der Waals surface area (Å²) < 4.78 is 5.55. The second-order valence-corrected chi connectivity index (χ2v) is 11.6. The van der Waals surface area contributed by atoms with E-state index < -0.39 is 5.60 Å². The average molecular weight is 510 g/mol. The highest BCUT2D eigenvalue weighted by atomic mass is 35.5. The summed E-state index contributed by atoms with van der Waals surface area (Å²) in [6.45, 7) is 12.9. The number of piperazine rings is 1. The third-order valence-corrected chi connectivity index (χ3v) is 8.89. The summed E-state index contributed by atoms with van der Waals surface area (Å²) in [5.41, 5.74) is 1.34. The van der Waals surface area contributed by atoms with E-state index in [1.165, 1.54) is 6.92 Å². The molecule has 1 N–H and O–H groups in total. The largest absolute Gasteiger partial charge is 0.458 e. The lowest BCUT2D eigenvalue weighted by Crippen LogP contribution is -2.56. The van der Waals surface area contributed by atoms with E-state index in [0.29, 0.717) is 28.3 Å². The maximum absolute atomic E-state index is 11.8. The van der Waals surface area contributed by atoms with Gasteiger partial charge < -0.3 is 14.7 Å². The van der Waals surface area contributed by atoms with Crippen molar-refractivity contribution in [1.82, 2.24) is 4.90 Å². The van der Waals surface area contributed by atoms with Crippen LogP contribution in [-0.4, -0.2) is 60.4 Å². The summed E-state index contributed by atoms with van der Waals surface area (Å²) in [5.74, 6) is 0.890. The summed E-state index contributed by atoms with van der Waals surface area (Å²) in [6.07, 6.45) is 4.53. The molecule has 5 nitrogen and oxygen atoms in total. The molecule has 0 aromatic heterocycles. The minimum atomic E-state index is -0.818. The van der Waals surface area contributed by atoms with E-state index in [0.717, 1.165) is 56.8 Å². The molecule has 0 unspecified atom stereocenters. The summed E-state index contributed by atoms with van der Waals surface area (Å²) in [7, 11) is 0. The Bertz CT molecular complexity index is 910. The smallest absolute Gasteiger partial charge is 0.303 e. The van der Waals surface area contributed by atoms with E-state index in [1.807, 2.05) is 19.1 Å². The van der Waals surface area contributed by atoms with Crippen molar-refractivity contribution in [3.8, 4) is 0 Å². The van der Waals surface area contributed by atoms with Gasteiger partial charge in [-0.1, -0.05) is 43.1 Å². The number of nitrogens with zero attached hydrogens (tertiary/aromatic N) is 2. The number of hydrogen-bond donors (Lipinski definition) is 1. The van der Waals surface area contributed by atoms with Crippen LogP contribution in [-0.2, 0) is 9.53 Å². The molecule has 1 saturated heterocycles.